The molecule has 2 aromatic carbocycles. The summed E-state index contributed by atoms with van der Waals surface area (Å²) in [6, 6.07) is 13.9. The third-order valence-corrected chi connectivity index (χ3v) is 7.76. The Balaban J connectivity index is 1.70. The van der Waals surface area contributed by atoms with Crippen LogP contribution in [0.1, 0.15) is 21.9 Å². The molecule has 10 heteroatoms. The summed E-state index contributed by atoms with van der Waals surface area (Å²) in [6.07, 6.45) is 4.76. The number of rotatable bonds is 11. The van der Waals surface area contributed by atoms with Gasteiger partial charge in [-0.1, -0.05) is 59.1 Å². The summed E-state index contributed by atoms with van der Waals surface area (Å²) in [5.74, 6) is -1.17. The fourth-order valence-corrected chi connectivity index (χ4v) is 6.02. The normalized spacial score (nSPS) is 12.1. The Hall–Kier alpha value is -2.39. The maximum absolute atomic E-state index is 11.9. The van der Waals surface area contributed by atoms with E-state index in [1.165, 1.54) is 17.3 Å². The minimum atomic E-state index is -1.24. The highest BCUT2D eigenvalue weighted by Crippen LogP contribution is 2.39. The lowest BCUT2D eigenvalue weighted by Crippen LogP contribution is -2.13. The van der Waals surface area contributed by atoms with Gasteiger partial charge in [0.1, 0.15) is 0 Å². The summed E-state index contributed by atoms with van der Waals surface area (Å²) in [7, 11) is 0. The molecule has 0 aliphatic carbocycles. The fourth-order valence-electron chi connectivity index (χ4n) is 2.96. The van der Waals surface area contributed by atoms with E-state index in [0.717, 1.165) is 22.5 Å². The molecule has 0 bridgehead atoms. The molecule has 0 amide bonds. The van der Waals surface area contributed by atoms with Gasteiger partial charge in [-0.25, -0.2) is 14.6 Å². The first-order valence-corrected chi connectivity index (χ1v) is 13.1. The Morgan fingerprint density at radius 1 is 1.18 bits per heavy atom. The van der Waals surface area contributed by atoms with Crippen LogP contribution in [0.5, 0.6) is 6.01 Å². The van der Waals surface area contributed by atoms with Crippen molar-refractivity contribution in [1.29, 1.82) is 0 Å². The number of carboxylic acid groups (broad SMARTS) is 1. The van der Waals surface area contributed by atoms with Crippen LogP contribution in [0, 0.1) is 6.92 Å². The predicted octanol–water partition coefficient (Wildman–Crippen LogP) is 6.41. The molecule has 1 aromatic heterocycles. The molecule has 6 nitrogen and oxygen atoms in total. The Kier molecular flexibility index (Phi) is 9.95. The Labute approximate surface area is 216 Å². The van der Waals surface area contributed by atoms with Crippen molar-refractivity contribution >= 4 is 58.7 Å². The van der Waals surface area contributed by atoms with E-state index >= 15 is 0 Å². The van der Waals surface area contributed by atoms with E-state index in [0.29, 0.717) is 22.7 Å². The number of esters is 1. The van der Waals surface area contributed by atoms with Gasteiger partial charge in [-0.3, -0.25) is 4.57 Å². The third kappa shape index (κ3) is 8.13. The lowest BCUT2D eigenvalue weighted by molar-refractivity contribution is -0.133. The van der Waals surface area contributed by atoms with Gasteiger partial charge in [0, 0.05) is 52.0 Å². The van der Waals surface area contributed by atoms with Crippen molar-refractivity contribution in [3.05, 3.63) is 93.7 Å². The highest BCUT2D eigenvalue weighted by Gasteiger charge is 2.19. The van der Waals surface area contributed by atoms with E-state index < -0.39 is 11.9 Å². The average molecular weight is 537 g/mol. The third-order valence-electron chi connectivity index (χ3n) is 4.64. The second-order valence-electron chi connectivity index (χ2n) is 7.23. The Morgan fingerprint density at radius 2 is 1.94 bits per heavy atom. The van der Waals surface area contributed by atoms with Crippen molar-refractivity contribution in [2.45, 2.75) is 24.5 Å². The Bertz CT molecular complexity index is 1170. The van der Waals surface area contributed by atoms with Crippen LogP contribution in [0.2, 0.25) is 10.0 Å². The zero-order valence-electron chi connectivity index (χ0n) is 18.2. The number of aliphatic carboxylic acids is 1. The molecule has 1 unspecified atom stereocenters. The maximum atomic E-state index is 11.9. The van der Waals surface area contributed by atoms with Crippen molar-refractivity contribution in [3.8, 4) is 6.01 Å². The van der Waals surface area contributed by atoms with E-state index in [1.54, 1.807) is 46.4 Å². The predicted molar refractivity (Wildman–Crippen MR) is 139 cm³/mol. The van der Waals surface area contributed by atoms with Crippen molar-refractivity contribution in [1.82, 2.24) is 9.55 Å². The highest BCUT2D eigenvalue weighted by molar-refractivity contribution is 8.15. The van der Waals surface area contributed by atoms with Crippen LogP contribution < -0.4 is 4.74 Å². The molecule has 0 saturated carbocycles. The molecule has 34 heavy (non-hydrogen) atoms. The topological polar surface area (TPSA) is 81.4 Å². The van der Waals surface area contributed by atoms with Crippen LogP contribution in [0.15, 0.2) is 67.0 Å². The van der Waals surface area contributed by atoms with Gasteiger partial charge < -0.3 is 9.84 Å². The molecule has 0 spiro atoms. The minimum absolute atomic E-state index is 0.0723. The number of aromatic nitrogens is 2. The molecule has 1 heterocycles. The highest BCUT2D eigenvalue weighted by atomic mass is 35.5. The van der Waals surface area contributed by atoms with E-state index in [-0.39, 0.29) is 11.3 Å². The summed E-state index contributed by atoms with van der Waals surface area (Å²) in [5, 5.41) is 10.5. The van der Waals surface area contributed by atoms with Crippen LogP contribution in [0.25, 0.3) is 0 Å². The monoisotopic (exact) mass is 536 g/mol. The number of imidazole rings is 1. The quantitative estimate of drug-likeness (QED) is 0.131. The van der Waals surface area contributed by atoms with Gasteiger partial charge in [-0.2, -0.15) is 0 Å². The van der Waals surface area contributed by atoms with Crippen molar-refractivity contribution in [2.24, 2.45) is 0 Å². The lowest BCUT2D eigenvalue weighted by Gasteiger charge is -2.20. The largest absolute Gasteiger partial charge is 0.478 e. The number of ether oxygens (including phenoxy) is 1. The summed E-state index contributed by atoms with van der Waals surface area (Å²) < 4.78 is 6.90. The first kappa shape index (κ1) is 26.2. The summed E-state index contributed by atoms with van der Waals surface area (Å²) in [4.78, 5) is 26.6. The molecule has 1 atom stereocenters. The fraction of sp³-hybridized carbons (Fsp3) is 0.208. The second kappa shape index (κ2) is 12.9. The van der Waals surface area contributed by atoms with E-state index in [2.05, 4.69) is 36.2 Å². The number of nitrogens with zero attached hydrogens (tertiary/aromatic N) is 2. The SMILES string of the molecule is Cc1ccc(CSCSC(Cn2ccnc2OC(=O)/C=C/C(=O)O)c2ccc(Cl)cc2Cl)cc1. The minimum Gasteiger partial charge on any atom is -0.478 e. The molecule has 0 aliphatic heterocycles. The molecule has 178 valence electrons. The van der Waals surface area contributed by atoms with Crippen molar-refractivity contribution in [3.63, 3.8) is 0 Å². The van der Waals surface area contributed by atoms with Crippen LogP contribution in [0.4, 0.5) is 0 Å². The number of aryl methyl sites for hydroxylation is 1. The first-order valence-electron chi connectivity index (χ1n) is 10.2. The zero-order chi connectivity index (χ0) is 24.5. The van der Waals surface area contributed by atoms with Crippen LogP contribution >= 0.6 is 46.7 Å². The molecule has 3 aromatic rings. The number of halogens is 2. The molecular formula is C24H22Cl2N2O4S2. The molecule has 0 aliphatic rings. The van der Waals surface area contributed by atoms with Gasteiger partial charge in [0.05, 0.1) is 5.25 Å². The van der Waals surface area contributed by atoms with Crippen LogP contribution in [-0.2, 0) is 21.9 Å². The van der Waals surface area contributed by atoms with Gasteiger partial charge in [0.15, 0.2) is 0 Å². The smallest absolute Gasteiger partial charge is 0.338 e. The van der Waals surface area contributed by atoms with Gasteiger partial charge in [0.2, 0.25) is 0 Å². The molecular weight excluding hydrogens is 515 g/mol. The number of carbonyl (C=O) groups excluding carboxylic acids is 1. The number of benzene rings is 2. The number of hydrogen-bond donors (Lipinski definition) is 1. The number of hydrogen-bond acceptors (Lipinski definition) is 6. The van der Waals surface area contributed by atoms with Crippen molar-refractivity contribution in [2.75, 3.05) is 5.08 Å². The Morgan fingerprint density at radius 3 is 2.65 bits per heavy atom. The number of carboxylic acids is 1. The van der Waals surface area contributed by atoms with Crippen molar-refractivity contribution < 1.29 is 19.4 Å². The van der Waals surface area contributed by atoms with E-state index in [1.807, 2.05) is 6.07 Å². The van der Waals surface area contributed by atoms with E-state index in [4.69, 9.17) is 33.0 Å². The average Bonchev–Trinajstić information content (AvgIpc) is 3.22. The van der Waals surface area contributed by atoms with Crippen LogP contribution in [0.3, 0.4) is 0 Å². The molecule has 0 radical (unpaired) electrons. The molecule has 1 N–H and O–H groups in total. The standard InChI is InChI=1S/C24H22Cl2N2O4S2/c1-16-2-4-17(5-3-16)14-33-15-34-21(19-7-6-18(25)12-20(19)26)13-28-11-10-27-24(28)32-23(31)9-8-22(29)30/h2-12,21H,13-15H2,1H3,(H,29,30)/b9-8+. The maximum Gasteiger partial charge on any atom is 0.338 e. The van der Waals surface area contributed by atoms with Crippen LogP contribution in [-0.4, -0.2) is 31.7 Å². The molecule has 0 fully saturated rings. The van der Waals surface area contributed by atoms with Gasteiger partial charge in [-0.15, -0.1) is 23.5 Å². The molecule has 0 saturated heterocycles. The number of thioether (sulfide) groups is 2. The summed E-state index contributed by atoms with van der Waals surface area (Å²) in [6.45, 7) is 2.50. The molecule has 3 rings (SSSR count). The second-order valence-corrected chi connectivity index (χ2v) is 10.6. The lowest BCUT2D eigenvalue weighted by atomic mass is 10.1. The summed E-state index contributed by atoms with van der Waals surface area (Å²) >= 11 is 16.1. The van der Waals surface area contributed by atoms with E-state index in [9.17, 15) is 9.59 Å². The first-order chi connectivity index (χ1) is 16.3. The zero-order valence-corrected chi connectivity index (χ0v) is 21.3. The summed E-state index contributed by atoms with van der Waals surface area (Å²) in [5.41, 5.74) is 3.40. The van der Waals surface area contributed by atoms with Gasteiger partial charge >= 0.3 is 17.9 Å². The van der Waals surface area contributed by atoms with Gasteiger partial charge in [-0.05, 0) is 30.2 Å². The van der Waals surface area contributed by atoms with Gasteiger partial charge in [0.25, 0.3) is 0 Å². The number of carbonyl (C=O) groups is 2.